The van der Waals surface area contributed by atoms with Crippen LogP contribution in [0.2, 0.25) is 0 Å². The Bertz CT molecular complexity index is 494. The first-order chi connectivity index (χ1) is 9.33. The molecule has 2 aromatic rings. The van der Waals surface area contributed by atoms with Crippen LogP contribution in [-0.2, 0) is 6.42 Å². The topological polar surface area (TPSA) is 29.5 Å². The number of ether oxygens (including phenoxy) is 1. The van der Waals surface area contributed by atoms with Gasteiger partial charge in [0.05, 0.1) is 13.2 Å². The van der Waals surface area contributed by atoms with E-state index in [4.69, 9.17) is 4.74 Å². The summed E-state index contributed by atoms with van der Waals surface area (Å²) in [5, 5.41) is 9.58. The van der Waals surface area contributed by atoms with Gasteiger partial charge in [0.1, 0.15) is 5.75 Å². The van der Waals surface area contributed by atoms with Gasteiger partial charge in [0.25, 0.3) is 0 Å². The number of hydrogen-bond donors (Lipinski definition) is 1. The van der Waals surface area contributed by atoms with Crippen molar-refractivity contribution >= 4 is 0 Å². The molecule has 2 nitrogen and oxygen atoms in total. The summed E-state index contributed by atoms with van der Waals surface area (Å²) in [6.07, 6.45) is 0.821. The van der Waals surface area contributed by atoms with Crippen LogP contribution < -0.4 is 4.74 Å². The number of rotatable bonds is 6. The van der Waals surface area contributed by atoms with Crippen molar-refractivity contribution in [3.05, 3.63) is 65.7 Å². The summed E-state index contributed by atoms with van der Waals surface area (Å²) in [5.41, 5.74) is 2.36. The average molecular weight is 256 g/mol. The highest BCUT2D eigenvalue weighted by Gasteiger charge is 2.11. The minimum absolute atomic E-state index is 0.137. The number of aliphatic hydroxyl groups excluding tert-OH is 1. The third kappa shape index (κ3) is 3.83. The van der Waals surface area contributed by atoms with Gasteiger partial charge in [-0.25, -0.2) is 0 Å². The smallest absolute Gasteiger partial charge is 0.119 e. The predicted octanol–water partition coefficient (Wildman–Crippen LogP) is 3.40. The molecule has 1 N–H and O–H groups in total. The molecular formula is C17H20O2. The van der Waals surface area contributed by atoms with Crippen LogP contribution in [0.15, 0.2) is 54.6 Å². The van der Waals surface area contributed by atoms with Gasteiger partial charge in [-0.05, 0) is 36.6 Å². The van der Waals surface area contributed by atoms with Crippen molar-refractivity contribution in [3.63, 3.8) is 0 Å². The molecule has 0 bridgehead atoms. The largest absolute Gasteiger partial charge is 0.494 e. The molecule has 100 valence electrons. The Balaban J connectivity index is 2.12. The zero-order chi connectivity index (χ0) is 13.5. The zero-order valence-corrected chi connectivity index (χ0v) is 11.3. The fourth-order valence-corrected chi connectivity index (χ4v) is 2.23. The van der Waals surface area contributed by atoms with Gasteiger partial charge < -0.3 is 9.84 Å². The average Bonchev–Trinajstić information content (AvgIpc) is 2.46. The molecular weight excluding hydrogens is 236 g/mol. The van der Waals surface area contributed by atoms with Crippen LogP contribution in [0.3, 0.4) is 0 Å². The highest BCUT2D eigenvalue weighted by atomic mass is 16.5. The molecule has 0 aliphatic carbocycles. The van der Waals surface area contributed by atoms with Gasteiger partial charge in [-0.1, -0.05) is 42.5 Å². The minimum atomic E-state index is 0.137. The Morgan fingerprint density at radius 3 is 2.53 bits per heavy atom. The number of benzene rings is 2. The third-order valence-corrected chi connectivity index (χ3v) is 3.18. The van der Waals surface area contributed by atoms with Crippen LogP contribution in [0.25, 0.3) is 0 Å². The maximum atomic E-state index is 9.58. The molecule has 1 atom stereocenters. The lowest BCUT2D eigenvalue weighted by Crippen LogP contribution is -2.07. The summed E-state index contributed by atoms with van der Waals surface area (Å²) in [7, 11) is 0. The molecule has 0 saturated carbocycles. The molecule has 2 rings (SSSR count). The fourth-order valence-electron chi connectivity index (χ4n) is 2.23. The SMILES string of the molecule is CCOc1cccc(CC(CO)c2ccccc2)c1. The monoisotopic (exact) mass is 256 g/mol. The molecule has 0 saturated heterocycles. The van der Waals surface area contributed by atoms with E-state index in [0.717, 1.165) is 12.2 Å². The molecule has 19 heavy (non-hydrogen) atoms. The Morgan fingerprint density at radius 2 is 1.84 bits per heavy atom. The number of aliphatic hydroxyl groups is 1. The Morgan fingerprint density at radius 1 is 1.05 bits per heavy atom. The first-order valence-corrected chi connectivity index (χ1v) is 6.71. The molecule has 0 amide bonds. The Kier molecular flexibility index (Phi) is 4.99. The Hall–Kier alpha value is -1.80. The highest BCUT2D eigenvalue weighted by molar-refractivity contribution is 5.31. The standard InChI is InChI=1S/C17H20O2/c1-2-19-17-10-6-7-14(12-17)11-16(13-18)15-8-4-3-5-9-15/h3-10,12,16,18H,2,11,13H2,1H3. The van der Waals surface area contributed by atoms with E-state index >= 15 is 0 Å². The molecule has 0 heterocycles. The van der Waals surface area contributed by atoms with Crippen LogP contribution in [0, 0.1) is 0 Å². The second kappa shape index (κ2) is 6.95. The molecule has 0 aliphatic heterocycles. The van der Waals surface area contributed by atoms with Crippen molar-refractivity contribution in [2.75, 3.05) is 13.2 Å². The molecule has 0 fully saturated rings. The molecule has 1 unspecified atom stereocenters. The molecule has 0 radical (unpaired) electrons. The molecule has 2 aromatic carbocycles. The quantitative estimate of drug-likeness (QED) is 0.858. The van der Waals surface area contributed by atoms with Crippen molar-refractivity contribution in [2.45, 2.75) is 19.3 Å². The molecule has 0 spiro atoms. The third-order valence-electron chi connectivity index (χ3n) is 3.18. The van der Waals surface area contributed by atoms with Gasteiger partial charge in [0, 0.05) is 5.92 Å². The van der Waals surface area contributed by atoms with Crippen LogP contribution >= 0.6 is 0 Å². The normalized spacial score (nSPS) is 12.1. The van der Waals surface area contributed by atoms with E-state index in [1.807, 2.05) is 37.3 Å². The summed E-state index contributed by atoms with van der Waals surface area (Å²) in [5.74, 6) is 1.03. The van der Waals surface area contributed by atoms with E-state index in [0.29, 0.717) is 6.61 Å². The van der Waals surface area contributed by atoms with Gasteiger partial charge in [0.15, 0.2) is 0 Å². The minimum Gasteiger partial charge on any atom is -0.494 e. The van der Waals surface area contributed by atoms with Crippen molar-refractivity contribution < 1.29 is 9.84 Å². The van der Waals surface area contributed by atoms with Crippen molar-refractivity contribution in [1.82, 2.24) is 0 Å². The van der Waals surface area contributed by atoms with Crippen LogP contribution in [0.5, 0.6) is 5.75 Å². The van der Waals surface area contributed by atoms with Crippen LogP contribution in [0.1, 0.15) is 24.0 Å². The van der Waals surface area contributed by atoms with Crippen molar-refractivity contribution in [2.24, 2.45) is 0 Å². The first-order valence-electron chi connectivity index (χ1n) is 6.71. The molecule has 0 aromatic heterocycles. The lowest BCUT2D eigenvalue weighted by molar-refractivity contribution is 0.264. The second-order valence-electron chi connectivity index (χ2n) is 4.57. The first kappa shape index (κ1) is 13.6. The lowest BCUT2D eigenvalue weighted by Gasteiger charge is -2.15. The van der Waals surface area contributed by atoms with Gasteiger partial charge in [-0.2, -0.15) is 0 Å². The zero-order valence-electron chi connectivity index (χ0n) is 11.3. The van der Waals surface area contributed by atoms with E-state index in [-0.39, 0.29) is 12.5 Å². The van der Waals surface area contributed by atoms with Crippen molar-refractivity contribution in [3.8, 4) is 5.75 Å². The fraction of sp³-hybridized carbons (Fsp3) is 0.294. The maximum Gasteiger partial charge on any atom is 0.119 e. The van der Waals surface area contributed by atoms with Gasteiger partial charge in [0.2, 0.25) is 0 Å². The van der Waals surface area contributed by atoms with E-state index in [1.165, 1.54) is 11.1 Å². The maximum absolute atomic E-state index is 9.58. The predicted molar refractivity (Wildman–Crippen MR) is 77.6 cm³/mol. The van der Waals surface area contributed by atoms with E-state index in [2.05, 4.69) is 24.3 Å². The van der Waals surface area contributed by atoms with Gasteiger partial charge in [-0.15, -0.1) is 0 Å². The van der Waals surface area contributed by atoms with E-state index in [9.17, 15) is 5.11 Å². The van der Waals surface area contributed by atoms with E-state index < -0.39 is 0 Å². The van der Waals surface area contributed by atoms with Crippen molar-refractivity contribution in [1.29, 1.82) is 0 Å². The van der Waals surface area contributed by atoms with Gasteiger partial charge in [-0.3, -0.25) is 0 Å². The molecule has 0 aliphatic rings. The summed E-state index contributed by atoms with van der Waals surface area (Å²) < 4.78 is 5.50. The lowest BCUT2D eigenvalue weighted by atomic mass is 9.93. The Labute approximate surface area is 114 Å². The van der Waals surface area contributed by atoms with Gasteiger partial charge >= 0.3 is 0 Å². The second-order valence-corrected chi connectivity index (χ2v) is 4.57. The summed E-state index contributed by atoms with van der Waals surface area (Å²) in [4.78, 5) is 0. The van der Waals surface area contributed by atoms with Crippen LogP contribution in [0.4, 0.5) is 0 Å². The summed E-state index contributed by atoms with van der Waals surface area (Å²) in [6, 6.07) is 18.2. The molecule has 2 heteroatoms. The van der Waals surface area contributed by atoms with E-state index in [1.54, 1.807) is 0 Å². The summed E-state index contributed by atoms with van der Waals surface area (Å²) >= 11 is 0. The highest BCUT2D eigenvalue weighted by Crippen LogP contribution is 2.22. The van der Waals surface area contributed by atoms with Crippen LogP contribution in [-0.4, -0.2) is 18.3 Å². The number of hydrogen-bond acceptors (Lipinski definition) is 2. The summed E-state index contributed by atoms with van der Waals surface area (Å²) in [6.45, 7) is 2.81.